The predicted molar refractivity (Wildman–Crippen MR) is 82.4 cm³/mol. The highest BCUT2D eigenvalue weighted by Crippen LogP contribution is 2.35. The Hall–Kier alpha value is -0.580. The van der Waals surface area contributed by atoms with Crippen molar-refractivity contribution in [3.05, 3.63) is 28.2 Å². The average Bonchev–Trinajstić information content (AvgIpc) is 2.40. The zero-order valence-corrected chi connectivity index (χ0v) is 13.3. The first-order valence-electron chi connectivity index (χ1n) is 7.01. The highest BCUT2D eigenvalue weighted by molar-refractivity contribution is 9.10. The van der Waals surface area contributed by atoms with Gasteiger partial charge in [0.05, 0.1) is 0 Å². The van der Waals surface area contributed by atoms with Crippen LogP contribution in [0.1, 0.15) is 31.9 Å². The summed E-state index contributed by atoms with van der Waals surface area (Å²) in [6.45, 7) is 8.74. The number of piperazine rings is 1. The van der Waals surface area contributed by atoms with Gasteiger partial charge in [-0.3, -0.25) is 4.90 Å². The molecular formula is C15H23BrN2O. The summed E-state index contributed by atoms with van der Waals surface area (Å²) in [5.41, 5.74) is 1.20. The minimum Gasteiger partial charge on any atom is -0.508 e. The Bertz CT molecular complexity index is 417. The van der Waals surface area contributed by atoms with Gasteiger partial charge in [0.25, 0.3) is 0 Å². The van der Waals surface area contributed by atoms with E-state index in [1.54, 1.807) is 6.07 Å². The Morgan fingerprint density at radius 2 is 2.00 bits per heavy atom. The van der Waals surface area contributed by atoms with Crippen LogP contribution in [-0.4, -0.2) is 36.2 Å². The van der Waals surface area contributed by atoms with E-state index >= 15 is 0 Å². The van der Waals surface area contributed by atoms with Crippen molar-refractivity contribution in [2.24, 2.45) is 5.92 Å². The second kappa shape index (κ2) is 6.73. The zero-order chi connectivity index (χ0) is 13.8. The summed E-state index contributed by atoms with van der Waals surface area (Å²) in [5.74, 6) is 0.983. The Balaban J connectivity index is 2.27. The van der Waals surface area contributed by atoms with E-state index in [-0.39, 0.29) is 0 Å². The standard InChI is InChI=1S/C15H23BrN2O/c1-11(2)9-15(18-7-5-17-6-8-18)13-10-12(19)3-4-14(13)16/h3-4,10-11,15,17,19H,5-9H2,1-2H3/t15-/m0/s1. The minimum atomic E-state index is 0.349. The van der Waals surface area contributed by atoms with Gasteiger partial charge < -0.3 is 10.4 Å². The molecule has 4 heteroatoms. The topological polar surface area (TPSA) is 35.5 Å². The average molecular weight is 327 g/mol. The third kappa shape index (κ3) is 3.94. The van der Waals surface area contributed by atoms with Gasteiger partial charge in [-0.25, -0.2) is 0 Å². The molecule has 2 N–H and O–H groups in total. The van der Waals surface area contributed by atoms with Gasteiger partial charge in [-0.1, -0.05) is 29.8 Å². The predicted octanol–water partition coefficient (Wildman–Crippen LogP) is 3.15. The molecule has 106 valence electrons. The van der Waals surface area contributed by atoms with E-state index in [9.17, 15) is 5.11 Å². The molecule has 3 nitrogen and oxygen atoms in total. The van der Waals surface area contributed by atoms with Crippen LogP contribution in [0.15, 0.2) is 22.7 Å². The van der Waals surface area contributed by atoms with Crippen molar-refractivity contribution in [2.75, 3.05) is 26.2 Å². The van der Waals surface area contributed by atoms with Crippen molar-refractivity contribution in [1.29, 1.82) is 0 Å². The van der Waals surface area contributed by atoms with E-state index in [2.05, 4.69) is 40.0 Å². The van der Waals surface area contributed by atoms with Crippen molar-refractivity contribution in [3.8, 4) is 5.75 Å². The normalized spacial score (nSPS) is 18.7. The van der Waals surface area contributed by atoms with E-state index in [0.29, 0.717) is 17.7 Å². The summed E-state index contributed by atoms with van der Waals surface area (Å²) < 4.78 is 1.09. The minimum absolute atomic E-state index is 0.349. The monoisotopic (exact) mass is 326 g/mol. The van der Waals surface area contributed by atoms with Crippen molar-refractivity contribution in [1.82, 2.24) is 10.2 Å². The number of rotatable bonds is 4. The van der Waals surface area contributed by atoms with Gasteiger partial charge in [-0.15, -0.1) is 0 Å². The maximum atomic E-state index is 9.77. The van der Waals surface area contributed by atoms with Gasteiger partial charge in [0, 0.05) is 36.7 Å². The Morgan fingerprint density at radius 1 is 1.32 bits per heavy atom. The van der Waals surface area contributed by atoms with E-state index in [0.717, 1.165) is 37.1 Å². The van der Waals surface area contributed by atoms with Crippen molar-refractivity contribution < 1.29 is 5.11 Å². The summed E-state index contributed by atoms with van der Waals surface area (Å²) in [7, 11) is 0. The molecule has 19 heavy (non-hydrogen) atoms. The number of phenols is 1. The highest BCUT2D eigenvalue weighted by Gasteiger charge is 2.24. The molecule has 2 rings (SSSR count). The second-order valence-corrected chi connectivity index (χ2v) is 6.49. The zero-order valence-electron chi connectivity index (χ0n) is 11.7. The maximum Gasteiger partial charge on any atom is 0.115 e. The fourth-order valence-corrected chi connectivity index (χ4v) is 3.21. The van der Waals surface area contributed by atoms with Crippen LogP contribution in [0.5, 0.6) is 5.75 Å². The molecule has 1 heterocycles. The third-order valence-electron chi connectivity index (χ3n) is 3.63. The Labute approximate surface area is 124 Å². The first-order valence-corrected chi connectivity index (χ1v) is 7.80. The van der Waals surface area contributed by atoms with Crippen LogP contribution >= 0.6 is 15.9 Å². The van der Waals surface area contributed by atoms with Crippen molar-refractivity contribution in [3.63, 3.8) is 0 Å². The molecule has 0 spiro atoms. The lowest BCUT2D eigenvalue weighted by atomic mass is 9.95. The van der Waals surface area contributed by atoms with Crippen LogP contribution in [0, 0.1) is 5.92 Å². The summed E-state index contributed by atoms with van der Waals surface area (Å²) in [5, 5.41) is 13.2. The molecule has 0 bridgehead atoms. The van der Waals surface area contributed by atoms with Gasteiger partial charge in [-0.05, 0) is 36.1 Å². The van der Waals surface area contributed by atoms with Crippen molar-refractivity contribution >= 4 is 15.9 Å². The van der Waals surface area contributed by atoms with Gasteiger partial charge in [0.1, 0.15) is 5.75 Å². The summed E-state index contributed by atoms with van der Waals surface area (Å²) in [6.07, 6.45) is 1.11. The molecule has 0 saturated carbocycles. The van der Waals surface area contributed by atoms with E-state index in [4.69, 9.17) is 0 Å². The molecule has 0 amide bonds. The molecule has 0 unspecified atom stereocenters. The van der Waals surface area contributed by atoms with Gasteiger partial charge in [-0.2, -0.15) is 0 Å². The number of aromatic hydroxyl groups is 1. The number of halogens is 1. The van der Waals surface area contributed by atoms with Crippen LogP contribution in [-0.2, 0) is 0 Å². The lowest BCUT2D eigenvalue weighted by molar-refractivity contribution is 0.153. The molecule has 1 aliphatic rings. The molecule has 1 aliphatic heterocycles. The lowest BCUT2D eigenvalue weighted by Gasteiger charge is -2.36. The Morgan fingerprint density at radius 3 is 2.63 bits per heavy atom. The Kier molecular flexibility index (Phi) is 5.25. The largest absolute Gasteiger partial charge is 0.508 e. The van der Waals surface area contributed by atoms with E-state index < -0.39 is 0 Å². The first kappa shape index (κ1) is 14.8. The molecule has 1 fully saturated rings. The van der Waals surface area contributed by atoms with Gasteiger partial charge in [0.15, 0.2) is 0 Å². The SMILES string of the molecule is CC(C)C[C@@H](c1cc(O)ccc1Br)N1CCNCC1. The first-order chi connectivity index (χ1) is 9.08. The smallest absolute Gasteiger partial charge is 0.115 e. The van der Waals surface area contributed by atoms with Gasteiger partial charge >= 0.3 is 0 Å². The fourth-order valence-electron chi connectivity index (χ4n) is 2.70. The fraction of sp³-hybridized carbons (Fsp3) is 0.600. The molecule has 1 saturated heterocycles. The quantitative estimate of drug-likeness (QED) is 0.892. The van der Waals surface area contributed by atoms with E-state index in [1.165, 1.54) is 5.56 Å². The summed E-state index contributed by atoms with van der Waals surface area (Å²) in [4.78, 5) is 2.52. The number of nitrogens with zero attached hydrogens (tertiary/aromatic N) is 1. The highest BCUT2D eigenvalue weighted by atomic mass is 79.9. The number of phenolic OH excluding ortho intramolecular Hbond substituents is 1. The van der Waals surface area contributed by atoms with Crippen molar-refractivity contribution in [2.45, 2.75) is 26.3 Å². The molecule has 0 aromatic heterocycles. The molecule has 0 aliphatic carbocycles. The van der Waals surface area contributed by atoms with E-state index in [1.807, 2.05) is 12.1 Å². The molecule has 1 atom stereocenters. The van der Waals surface area contributed by atoms with Crippen LogP contribution in [0.25, 0.3) is 0 Å². The molecule has 1 aromatic rings. The summed E-state index contributed by atoms with van der Waals surface area (Å²) >= 11 is 3.63. The third-order valence-corrected chi connectivity index (χ3v) is 4.35. The number of nitrogens with one attached hydrogen (secondary N) is 1. The van der Waals surface area contributed by atoms with Crippen LogP contribution < -0.4 is 5.32 Å². The maximum absolute atomic E-state index is 9.77. The lowest BCUT2D eigenvalue weighted by Crippen LogP contribution is -2.45. The van der Waals surface area contributed by atoms with Gasteiger partial charge in [0.2, 0.25) is 0 Å². The second-order valence-electron chi connectivity index (χ2n) is 5.64. The van der Waals surface area contributed by atoms with Crippen LogP contribution in [0.4, 0.5) is 0 Å². The number of hydrogen-bond donors (Lipinski definition) is 2. The number of benzene rings is 1. The number of hydrogen-bond acceptors (Lipinski definition) is 3. The molecular weight excluding hydrogens is 304 g/mol. The van der Waals surface area contributed by atoms with Crippen LogP contribution in [0.3, 0.4) is 0 Å². The summed E-state index contributed by atoms with van der Waals surface area (Å²) in [6, 6.07) is 5.96. The molecule has 1 aromatic carbocycles. The molecule has 0 radical (unpaired) electrons. The van der Waals surface area contributed by atoms with Crippen LogP contribution in [0.2, 0.25) is 0 Å².